The van der Waals surface area contributed by atoms with Gasteiger partial charge in [-0.1, -0.05) is 35.6 Å². The van der Waals surface area contributed by atoms with Crippen LogP contribution in [0.3, 0.4) is 0 Å². The topological polar surface area (TPSA) is 87.0 Å². The molecule has 140 valence electrons. The minimum Gasteiger partial charge on any atom is -0.315 e. The third-order valence-corrected chi connectivity index (χ3v) is 5.74. The lowest BCUT2D eigenvalue weighted by molar-refractivity contribution is 0.874. The van der Waals surface area contributed by atoms with Gasteiger partial charge in [-0.05, 0) is 29.7 Å². The van der Waals surface area contributed by atoms with Gasteiger partial charge in [0, 0.05) is 18.2 Å². The summed E-state index contributed by atoms with van der Waals surface area (Å²) in [5.41, 5.74) is 3.15. The number of aromatic nitrogens is 3. The monoisotopic (exact) mass is 405 g/mol. The third-order valence-electron chi connectivity index (χ3n) is 4.86. The molecule has 3 aromatic rings. The highest BCUT2D eigenvalue weighted by molar-refractivity contribution is 7.18. The molecule has 0 aliphatic heterocycles. The summed E-state index contributed by atoms with van der Waals surface area (Å²) >= 11 is 1.37. The average Bonchev–Trinajstić information content (AvgIpc) is 3.37. The lowest BCUT2D eigenvalue weighted by atomic mass is 10.0. The fourth-order valence-electron chi connectivity index (χ4n) is 3.43. The SMILES string of the molecule is [C-]#[N+]/C(C#N)=C1\C(=Cc2nc3c(nc(C)n3C)s2)/C(=C(/C#N)[N+]#[C-])c2ccccc21. The van der Waals surface area contributed by atoms with E-state index in [1.807, 2.05) is 30.7 Å². The van der Waals surface area contributed by atoms with E-state index in [1.54, 1.807) is 30.3 Å². The van der Waals surface area contributed by atoms with E-state index in [2.05, 4.69) is 19.7 Å². The van der Waals surface area contributed by atoms with Crippen LogP contribution in [-0.2, 0) is 7.05 Å². The number of fused-ring (bicyclic) bond motifs is 2. The molecule has 2 heterocycles. The van der Waals surface area contributed by atoms with E-state index in [-0.39, 0.29) is 11.4 Å². The Bertz CT molecular complexity index is 1390. The van der Waals surface area contributed by atoms with Gasteiger partial charge in [-0.25, -0.2) is 30.2 Å². The zero-order chi connectivity index (χ0) is 21.4. The number of allylic oxidation sites excluding steroid dienone is 5. The fraction of sp³-hybridized carbons (Fsp3) is 0.0909. The molecule has 0 saturated heterocycles. The summed E-state index contributed by atoms with van der Waals surface area (Å²) in [4.78, 5) is 16.7. The molecular weight excluding hydrogens is 394 g/mol. The second-order valence-electron chi connectivity index (χ2n) is 6.40. The van der Waals surface area contributed by atoms with Crippen LogP contribution in [0.15, 0.2) is 41.2 Å². The second-order valence-corrected chi connectivity index (χ2v) is 7.41. The molecule has 0 amide bonds. The smallest absolute Gasteiger partial charge is 0.270 e. The fourth-order valence-corrected chi connectivity index (χ4v) is 4.39. The second kappa shape index (κ2) is 7.15. The van der Waals surface area contributed by atoms with Crippen molar-refractivity contribution in [3.8, 4) is 12.1 Å². The van der Waals surface area contributed by atoms with Gasteiger partial charge in [0.2, 0.25) is 0 Å². The normalized spacial score (nSPS) is 15.6. The van der Waals surface area contributed by atoms with Gasteiger partial charge in [-0.15, -0.1) is 0 Å². The summed E-state index contributed by atoms with van der Waals surface area (Å²) in [7, 11) is 1.88. The number of benzene rings is 1. The summed E-state index contributed by atoms with van der Waals surface area (Å²) in [5.74, 6) is 0.844. The van der Waals surface area contributed by atoms with Gasteiger partial charge < -0.3 is 4.57 Å². The van der Waals surface area contributed by atoms with Crippen molar-refractivity contribution in [3.05, 3.63) is 86.0 Å². The highest BCUT2D eigenvalue weighted by atomic mass is 32.1. The Balaban J connectivity index is 2.09. The van der Waals surface area contributed by atoms with Crippen molar-refractivity contribution in [2.75, 3.05) is 0 Å². The third kappa shape index (κ3) is 2.69. The minimum atomic E-state index is -0.0962. The largest absolute Gasteiger partial charge is 0.315 e. The maximum Gasteiger partial charge on any atom is 0.270 e. The van der Waals surface area contributed by atoms with Gasteiger partial charge in [-0.3, -0.25) is 0 Å². The number of imidazole rings is 1. The summed E-state index contributed by atoms with van der Waals surface area (Å²) in [6.45, 7) is 16.8. The van der Waals surface area contributed by atoms with E-state index in [9.17, 15) is 10.5 Å². The Labute approximate surface area is 176 Å². The van der Waals surface area contributed by atoms with Crippen molar-refractivity contribution < 1.29 is 0 Å². The molecular formula is C22H11N7S. The summed E-state index contributed by atoms with van der Waals surface area (Å²) < 4.78 is 1.88. The zero-order valence-corrected chi connectivity index (χ0v) is 16.7. The zero-order valence-electron chi connectivity index (χ0n) is 15.9. The van der Waals surface area contributed by atoms with E-state index in [4.69, 9.17) is 13.1 Å². The van der Waals surface area contributed by atoms with Crippen LogP contribution in [0.4, 0.5) is 0 Å². The summed E-state index contributed by atoms with van der Waals surface area (Å²) in [6.07, 6.45) is 1.73. The molecule has 7 nitrogen and oxygen atoms in total. The van der Waals surface area contributed by atoms with Crippen molar-refractivity contribution in [3.63, 3.8) is 0 Å². The Morgan fingerprint density at radius 2 is 1.63 bits per heavy atom. The van der Waals surface area contributed by atoms with Crippen LogP contribution in [0.25, 0.3) is 37.4 Å². The van der Waals surface area contributed by atoms with E-state index in [0.29, 0.717) is 32.9 Å². The Kier molecular flexibility index (Phi) is 4.49. The van der Waals surface area contributed by atoms with E-state index < -0.39 is 0 Å². The van der Waals surface area contributed by atoms with E-state index in [0.717, 1.165) is 16.3 Å². The first-order valence-electron chi connectivity index (χ1n) is 8.69. The van der Waals surface area contributed by atoms with Crippen LogP contribution in [-0.4, -0.2) is 14.5 Å². The maximum atomic E-state index is 9.57. The van der Waals surface area contributed by atoms with Crippen LogP contribution in [0, 0.1) is 42.7 Å². The van der Waals surface area contributed by atoms with Crippen molar-refractivity contribution >= 4 is 39.0 Å². The first kappa shape index (κ1) is 18.8. The summed E-state index contributed by atoms with van der Waals surface area (Å²) in [5, 5.41) is 19.7. The van der Waals surface area contributed by atoms with Gasteiger partial charge in [-0.2, -0.15) is 0 Å². The molecule has 2 aromatic heterocycles. The number of hydrogen-bond acceptors (Lipinski definition) is 5. The van der Waals surface area contributed by atoms with Gasteiger partial charge in [0.25, 0.3) is 11.4 Å². The van der Waals surface area contributed by atoms with Crippen molar-refractivity contribution in [2.45, 2.75) is 6.92 Å². The molecule has 8 heteroatoms. The van der Waals surface area contributed by atoms with Crippen molar-refractivity contribution in [2.24, 2.45) is 7.05 Å². The van der Waals surface area contributed by atoms with Crippen LogP contribution in [0.1, 0.15) is 22.0 Å². The molecule has 0 spiro atoms. The Hall–Kier alpha value is -4.50. The van der Waals surface area contributed by atoms with Crippen molar-refractivity contribution in [1.29, 1.82) is 10.5 Å². The van der Waals surface area contributed by atoms with Crippen LogP contribution < -0.4 is 0 Å². The number of nitrogens with zero attached hydrogens (tertiary/aromatic N) is 7. The molecule has 4 rings (SSSR count). The predicted molar refractivity (Wildman–Crippen MR) is 114 cm³/mol. The maximum absolute atomic E-state index is 9.57. The first-order valence-corrected chi connectivity index (χ1v) is 9.51. The lowest BCUT2D eigenvalue weighted by Gasteiger charge is -2.05. The molecule has 1 aliphatic carbocycles. The van der Waals surface area contributed by atoms with Crippen LogP contribution in [0.2, 0.25) is 0 Å². The standard InChI is InChI=1S/C22H11N7S/c1-12-27-22-21(29(12)4)28-18(30-22)9-15-19(16(10-23)25-2)13-7-5-6-8-14(13)20(15)17(11-24)26-3/h5-9H,1,4H3/b19-16-,20-17-. The minimum absolute atomic E-state index is 0.0962. The molecule has 0 unspecified atom stereocenters. The average molecular weight is 405 g/mol. The van der Waals surface area contributed by atoms with Gasteiger partial charge >= 0.3 is 0 Å². The van der Waals surface area contributed by atoms with Crippen molar-refractivity contribution in [1.82, 2.24) is 14.5 Å². The molecule has 0 fully saturated rings. The summed E-state index contributed by atoms with van der Waals surface area (Å²) in [6, 6.07) is 11.1. The molecule has 0 atom stereocenters. The molecule has 0 bridgehead atoms. The molecule has 0 radical (unpaired) electrons. The van der Waals surface area contributed by atoms with Gasteiger partial charge in [0.15, 0.2) is 10.5 Å². The molecule has 0 saturated carbocycles. The molecule has 0 N–H and O–H groups in total. The number of rotatable bonds is 1. The molecule has 1 aliphatic rings. The van der Waals surface area contributed by atoms with Crippen LogP contribution >= 0.6 is 11.3 Å². The number of hydrogen-bond donors (Lipinski definition) is 0. The molecule has 30 heavy (non-hydrogen) atoms. The first-order chi connectivity index (χ1) is 14.5. The lowest BCUT2D eigenvalue weighted by Crippen LogP contribution is -1.92. The number of aryl methyl sites for hydroxylation is 2. The number of thiazole rings is 1. The Morgan fingerprint density at radius 3 is 2.10 bits per heavy atom. The van der Waals surface area contributed by atoms with Gasteiger partial charge in [0.1, 0.15) is 10.8 Å². The Morgan fingerprint density at radius 1 is 1.07 bits per heavy atom. The quantitative estimate of drug-likeness (QED) is 0.432. The van der Waals surface area contributed by atoms with E-state index >= 15 is 0 Å². The highest BCUT2D eigenvalue weighted by Crippen LogP contribution is 2.49. The molecule has 1 aromatic carbocycles. The predicted octanol–water partition coefficient (Wildman–Crippen LogP) is 4.74. The number of nitriles is 2. The van der Waals surface area contributed by atoms with Gasteiger partial charge in [0.05, 0.1) is 25.3 Å². The highest BCUT2D eigenvalue weighted by Gasteiger charge is 2.31. The van der Waals surface area contributed by atoms with E-state index in [1.165, 1.54) is 11.3 Å². The van der Waals surface area contributed by atoms with Crippen LogP contribution in [0.5, 0.6) is 0 Å².